The van der Waals surface area contributed by atoms with E-state index in [0.717, 1.165) is 6.54 Å². The van der Waals surface area contributed by atoms with Crippen molar-refractivity contribution in [2.75, 3.05) is 7.05 Å². The van der Waals surface area contributed by atoms with Gasteiger partial charge in [0.2, 0.25) is 0 Å². The first-order valence-electron chi connectivity index (χ1n) is 7.20. The predicted molar refractivity (Wildman–Crippen MR) is 88.4 cm³/mol. The molecule has 2 aromatic rings. The molecule has 0 amide bonds. The molecule has 2 rings (SSSR count). The number of nitrogens with zero attached hydrogens (tertiary/aromatic N) is 1. The van der Waals surface area contributed by atoms with Crippen molar-refractivity contribution in [3.8, 4) is 0 Å². The molecule has 0 spiro atoms. The first kappa shape index (κ1) is 15.3. The molecule has 3 N–H and O–H groups in total. The van der Waals surface area contributed by atoms with Gasteiger partial charge in [-0.3, -0.25) is 10.3 Å². The number of amidine groups is 1. The first-order chi connectivity index (χ1) is 10.1. The highest BCUT2D eigenvalue weighted by Gasteiger charge is 2.18. The minimum Gasteiger partial charge on any atom is -0.388 e. The lowest BCUT2D eigenvalue weighted by Crippen LogP contribution is -2.28. The summed E-state index contributed by atoms with van der Waals surface area (Å²) >= 11 is 0. The van der Waals surface area contributed by atoms with E-state index >= 15 is 0 Å². The molecule has 0 aliphatic carbocycles. The Labute approximate surface area is 126 Å². The summed E-state index contributed by atoms with van der Waals surface area (Å²) in [6.07, 6.45) is 0.548. The lowest BCUT2D eigenvalue weighted by atomic mass is 10.0. The Morgan fingerprint density at radius 3 is 2.29 bits per heavy atom. The largest absolute Gasteiger partial charge is 0.388 e. The molecular weight excluding hydrogens is 258 g/mol. The summed E-state index contributed by atoms with van der Waals surface area (Å²) in [6.45, 7) is 2.93. The number of nitrogens with two attached hydrogens (primary N) is 1. The molecule has 0 aliphatic heterocycles. The van der Waals surface area contributed by atoms with Crippen molar-refractivity contribution in [2.45, 2.75) is 25.9 Å². The standard InChI is InChI=1S/C18H23N3/c1-14-8-10-15(11-9-14)13-21(2)17(12-18(19)20)16-6-4-3-5-7-16/h3-11,17H,12-13H2,1-2H3,(H3,19,20). The van der Waals surface area contributed by atoms with E-state index in [1.807, 2.05) is 18.2 Å². The Hall–Kier alpha value is -2.13. The Kier molecular flexibility index (Phi) is 5.12. The van der Waals surface area contributed by atoms with Crippen LogP contribution < -0.4 is 5.73 Å². The van der Waals surface area contributed by atoms with Crippen LogP contribution in [0.1, 0.15) is 29.2 Å². The molecule has 0 saturated heterocycles. The summed E-state index contributed by atoms with van der Waals surface area (Å²) in [5.74, 6) is 0.222. The van der Waals surface area contributed by atoms with Crippen LogP contribution in [-0.2, 0) is 6.54 Å². The zero-order chi connectivity index (χ0) is 15.2. The third kappa shape index (κ3) is 4.43. The molecule has 0 aliphatic rings. The van der Waals surface area contributed by atoms with Crippen LogP contribution >= 0.6 is 0 Å². The highest BCUT2D eigenvalue weighted by Crippen LogP contribution is 2.24. The van der Waals surface area contributed by atoms with E-state index in [4.69, 9.17) is 11.1 Å². The Morgan fingerprint density at radius 1 is 1.10 bits per heavy atom. The number of nitrogens with one attached hydrogen (secondary N) is 1. The molecule has 1 atom stereocenters. The van der Waals surface area contributed by atoms with Gasteiger partial charge in [-0.05, 0) is 25.1 Å². The maximum atomic E-state index is 7.63. The molecule has 3 nitrogen and oxygen atoms in total. The van der Waals surface area contributed by atoms with Crippen molar-refractivity contribution in [1.82, 2.24) is 4.90 Å². The van der Waals surface area contributed by atoms with E-state index in [1.165, 1.54) is 16.7 Å². The fourth-order valence-electron chi connectivity index (χ4n) is 2.50. The smallest absolute Gasteiger partial charge is 0.0924 e. The van der Waals surface area contributed by atoms with Crippen molar-refractivity contribution in [3.05, 3.63) is 71.3 Å². The fraction of sp³-hybridized carbons (Fsp3) is 0.278. The van der Waals surface area contributed by atoms with Gasteiger partial charge in [0.1, 0.15) is 0 Å². The van der Waals surface area contributed by atoms with E-state index < -0.39 is 0 Å². The van der Waals surface area contributed by atoms with Crippen molar-refractivity contribution >= 4 is 5.84 Å². The predicted octanol–water partition coefficient (Wildman–Crippen LogP) is 3.49. The maximum absolute atomic E-state index is 7.63. The highest BCUT2D eigenvalue weighted by molar-refractivity contribution is 5.77. The van der Waals surface area contributed by atoms with E-state index in [1.54, 1.807) is 0 Å². The van der Waals surface area contributed by atoms with E-state index in [2.05, 4.69) is 55.3 Å². The summed E-state index contributed by atoms with van der Waals surface area (Å²) in [7, 11) is 2.08. The number of hydrogen-bond donors (Lipinski definition) is 2. The summed E-state index contributed by atoms with van der Waals surface area (Å²) in [5.41, 5.74) is 9.37. The van der Waals surface area contributed by atoms with E-state index in [-0.39, 0.29) is 11.9 Å². The van der Waals surface area contributed by atoms with Crippen LogP contribution in [-0.4, -0.2) is 17.8 Å². The van der Waals surface area contributed by atoms with Gasteiger partial charge in [0, 0.05) is 19.0 Å². The van der Waals surface area contributed by atoms with Crippen LogP contribution in [0.4, 0.5) is 0 Å². The minimum absolute atomic E-state index is 0.130. The molecule has 110 valence electrons. The minimum atomic E-state index is 0.130. The van der Waals surface area contributed by atoms with Crippen LogP contribution in [0.25, 0.3) is 0 Å². The molecule has 0 heterocycles. The van der Waals surface area contributed by atoms with Gasteiger partial charge in [0.05, 0.1) is 5.84 Å². The summed E-state index contributed by atoms with van der Waals surface area (Å²) in [5, 5.41) is 7.63. The zero-order valence-corrected chi connectivity index (χ0v) is 12.7. The number of benzene rings is 2. The molecule has 2 aromatic carbocycles. The molecule has 0 fully saturated rings. The van der Waals surface area contributed by atoms with Gasteiger partial charge in [-0.2, -0.15) is 0 Å². The summed E-state index contributed by atoms with van der Waals surface area (Å²) in [6, 6.07) is 19.0. The Bertz CT molecular complexity index is 575. The quantitative estimate of drug-likeness (QED) is 0.629. The Balaban J connectivity index is 2.16. The average molecular weight is 281 g/mol. The summed E-state index contributed by atoms with van der Waals surface area (Å²) in [4.78, 5) is 2.25. The monoisotopic (exact) mass is 281 g/mol. The second-order valence-electron chi connectivity index (χ2n) is 5.56. The van der Waals surface area contributed by atoms with Gasteiger partial charge < -0.3 is 5.73 Å². The highest BCUT2D eigenvalue weighted by atomic mass is 15.1. The average Bonchev–Trinajstić information content (AvgIpc) is 2.48. The molecular formula is C18H23N3. The van der Waals surface area contributed by atoms with Gasteiger partial charge in [-0.25, -0.2) is 0 Å². The normalized spacial score (nSPS) is 12.3. The molecule has 0 saturated carbocycles. The molecule has 0 radical (unpaired) electrons. The maximum Gasteiger partial charge on any atom is 0.0924 e. The lowest BCUT2D eigenvalue weighted by Gasteiger charge is -2.28. The third-order valence-electron chi connectivity index (χ3n) is 3.68. The Morgan fingerprint density at radius 2 is 1.71 bits per heavy atom. The summed E-state index contributed by atoms with van der Waals surface area (Å²) < 4.78 is 0. The van der Waals surface area contributed by atoms with Gasteiger partial charge in [0.25, 0.3) is 0 Å². The van der Waals surface area contributed by atoms with Crippen molar-refractivity contribution in [1.29, 1.82) is 5.41 Å². The lowest BCUT2D eigenvalue weighted by molar-refractivity contribution is 0.241. The van der Waals surface area contributed by atoms with Gasteiger partial charge in [0.15, 0.2) is 0 Å². The van der Waals surface area contributed by atoms with Crippen molar-refractivity contribution in [3.63, 3.8) is 0 Å². The van der Waals surface area contributed by atoms with Crippen LogP contribution in [0, 0.1) is 12.3 Å². The molecule has 3 heteroatoms. The van der Waals surface area contributed by atoms with Crippen LogP contribution in [0.2, 0.25) is 0 Å². The second kappa shape index (κ2) is 7.04. The topological polar surface area (TPSA) is 53.1 Å². The number of rotatable bonds is 6. The number of hydrogen-bond acceptors (Lipinski definition) is 2. The first-order valence-corrected chi connectivity index (χ1v) is 7.20. The SMILES string of the molecule is Cc1ccc(CN(C)C(CC(=N)N)c2ccccc2)cc1. The van der Waals surface area contributed by atoms with Gasteiger partial charge in [-0.1, -0.05) is 60.2 Å². The molecule has 1 unspecified atom stereocenters. The molecule has 0 aromatic heterocycles. The van der Waals surface area contributed by atoms with Gasteiger partial charge >= 0.3 is 0 Å². The third-order valence-corrected chi connectivity index (χ3v) is 3.68. The van der Waals surface area contributed by atoms with Crippen LogP contribution in [0.15, 0.2) is 54.6 Å². The molecule has 0 bridgehead atoms. The van der Waals surface area contributed by atoms with E-state index in [9.17, 15) is 0 Å². The second-order valence-corrected chi connectivity index (χ2v) is 5.56. The van der Waals surface area contributed by atoms with E-state index in [0.29, 0.717) is 6.42 Å². The fourth-order valence-corrected chi connectivity index (χ4v) is 2.50. The van der Waals surface area contributed by atoms with Crippen molar-refractivity contribution in [2.24, 2.45) is 5.73 Å². The van der Waals surface area contributed by atoms with Crippen molar-refractivity contribution < 1.29 is 0 Å². The number of aryl methyl sites for hydroxylation is 1. The molecule has 21 heavy (non-hydrogen) atoms. The van der Waals surface area contributed by atoms with Crippen LogP contribution in [0.5, 0.6) is 0 Å². The zero-order valence-electron chi connectivity index (χ0n) is 12.7. The van der Waals surface area contributed by atoms with Gasteiger partial charge in [-0.15, -0.1) is 0 Å². The van der Waals surface area contributed by atoms with Crippen LogP contribution in [0.3, 0.4) is 0 Å².